The van der Waals surface area contributed by atoms with Crippen molar-refractivity contribution in [1.82, 2.24) is 0 Å². The average molecular weight is 132 g/mol. The van der Waals surface area contributed by atoms with E-state index in [4.69, 9.17) is 0 Å². The number of hydrogen-bond acceptors (Lipinski definition) is 0. The van der Waals surface area contributed by atoms with Gasteiger partial charge in [0.1, 0.15) is 0 Å². The molecule has 0 saturated carbocycles. The molecule has 1 rings (SSSR count). The van der Waals surface area contributed by atoms with E-state index in [-0.39, 0.29) is 0 Å². The lowest BCUT2D eigenvalue weighted by Crippen LogP contribution is -1.62. The first-order chi connectivity index (χ1) is 5.00. The topological polar surface area (TPSA) is 0 Å². The Bertz CT molecular complexity index is 160. The molecule has 0 aromatic rings. The predicted octanol–water partition coefficient (Wildman–Crippen LogP) is 3.01. The SMILES string of the molecule is C1=C\C=C/C/C=C\C\C=C/1. The molecule has 0 fully saturated rings. The number of allylic oxidation sites excluding steroid dienone is 8. The van der Waals surface area contributed by atoms with Gasteiger partial charge in [-0.2, -0.15) is 0 Å². The van der Waals surface area contributed by atoms with Gasteiger partial charge < -0.3 is 0 Å². The second-order valence-electron chi connectivity index (χ2n) is 2.18. The van der Waals surface area contributed by atoms with E-state index in [1.165, 1.54) is 0 Å². The van der Waals surface area contributed by atoms with Gasteiger partial charge in [0, 0.05) is 0 Å². The van der Waals surface area contributed by atoms with Crippen molar-refractivity contribution in [2.24, 2.45) is 0 Å². The maximum atomic E-state index is 2.18. The van der Waals surface area contributed by atoms with Crippen molar-refractivity contribution >= 4 is 0 Å². The van der Waals surface area contributed by atoms with Crippen molar-refractivity contribution in [2.75, 3.05) is 0 Å². The third-order valence-electron chi connectivity index (χ3n) is 1.32. The highest BCUT2D eigenvalue weighted by molar-refractivity contribution is 5.14. The van der Waals surface area contributed by atoms with Crippen molar-refractivity contribution < 1.29 is 0 Å². The molecule has 0 unspecified atom stereocenters. The molecule has 0 saturated heterocycles. The third-order valence-corrected chi connectivity index (χ3v) is 1.32. The van der Waals surface area contributed by atoms with Gasteiger partial charge in [-0.1, -0.05) is 48.6 Å². The van der Waals surface area contributed by atoms with E-state index in [2.05, 4.69) is 48.6 Å². The first-order valence-corrected chi connectivity index (χ1v) is 3.63. The summed E-state index contributed by atoms with van der Waals surface area (Å²) in [7, 11) is 0. The van der Waals surface area contributed by atoms with Gasteiger partial charge in [0.2, 0.25) is 0 Å². The summed E-state index contributed by atoms with van der Waals surface area (Å²) < 4.78 is 0. The monoisotopic (exact) mass is 132 g/mol. The summed E-state index contributed by atoms with van der Waals surface area (Å²) in [5, 5.41) is 0. The van der Waals surface area contributed by atoms with Crippen LogP contribution in [0.3, 0.4) is 0 Å². The Balaban J connectivity index is 2.51. The molecule has 0 spiro atoms. The molecule has 0 aromatic carbocycles. The Hall–Kier alpha value is -1.04. The summed E-state index contributed by atoms with van der Waals surface area (Å²) >= 11 is 0. The van der Waals surface area contributed by atoms with Gasteiger partial charge in [-0.3, -0.25) is 0 Å². The molecule has 1 aliphatic carbocycles. The minimum Gasteiger partial charge on any atom is -0.0844 e. The molecule has 52 valence electrons. The smallest absolute Gasteiger partial charge is 0.0166 e. The van der Waals surface area contributed by atoms with E-state index < -0.39 is 0 Å². The summed E-state index contributed by atoms with van der Waals surface area (Å²) in [6.07, 6.45) is 19.0. The summed E-state index contributed by atoms with van der Waals surface area (Å²) in [4.78, 5) is 0. The molecular formula is C10H12. The standard InChI is InChI=1S/C10H12/c1-2-4-6-8-10-9-7-5-3-1/h1-6,9-10H,7-8H2/b2-1-,5-3-,6-4-,10-9-. The van der Waals surface area contributed by atoms with E-state index in [0.29, 0.717) is 0 Å². The molecule has 0 aromatic heterocycles. The lowest BCUT2D eigenvalue weighted by Gasteiger charge is -1.84. The quantitative estimate of drug-likeness (QED) is 0.444. The van der Waals surface area contributed by atoms with E-state index in [1.807, 2.05) is 0 Å². The molecule has 10 heavy (non-hydrogen) atoms. The molecule has 0 bridgehead atoms. The van der Waals surface area contributed by atoms with E-state index >= 15 is 0 Å². The first-order valence-electron chi connectivity index (χ1n) is 3.63. The molecule has 1 aliphatic rings. The summed E-state index contributed by atoms with van der Waals surface area (Å²) in [5.41, 5.74) is 0. The van der Waals surface area contributed by atoms with Gasteiger partial charge >= 0.3 is 0 Å². The molecule has 0 aliphatic heterocycles. The van der Waals surface area contributed by atoms with Crippen LogP contribution in [0.15, 0.2) is 48.6 Å². The lowest BCUT2D eigenvalue weighted by atomic mass is 10.2. The van der Waals surface area contributed by atoms with Gasteiger partial charge in [0.05, 0.1) is 0 Å². The zero-order valence-electron chi connectivity index (χ0n) is 6.03. The van der Waals surface area contributed by atoms with Crippen molar-refractivity contribution in [3.8, 4) is 0 Å². The molecule has 0 radical (unpaired) electrons. The molecule has 0 N–H and O–H groups in total. The van der Waals surface area contributed by atoms with E-state index in [9.17, 15) is 0 Å². The molecule has 0 heteroatoms. The zero-order chi connectivity index (χ0) is 7.07. The molecular weight excluding hydrogens is 120 g/mol. The van der Waals surface area contributed by atoms with Crippen molar-refractivity contribution in [3.63, 3.8) is 0 Å². The normalized spacial score (nSPS) is 30.4. The zero-order valence-corrected chi connectivity index (χ0v) is 6.03. The van der Waals surface area contributed by atoms with E-state index in [1.54, 1.807) is 0 Å². The Kier molecular flexibility index (Phi) is 3.40. The molecule has 0 nitrogen and oxygen atoms in total. The van der Waals surface area contributed by atoms with Crippen LogP contribution in [0.2, 0.25) is 0 Å². The van der Waals surface area contributed by atoms with Crippen LogP contribution in [0.25, 0.3) is 0 Å². The lowest BCUT2D eigenvalue weighted by molar-refractivity contribution is 1.31. The van der Waals surface area contributed by atoms with Crippen LogP contribution in [0.1, 0.15) is 12.8 Å². The minimum atomic E-state index is 1.05. The fourth-order valence-corrected chi connectivity index (χ4v) is 0.792. The van der Waals surface area contributed by atoms with Crippen molar-refractivity contribution in [3.05, 3.63) is 48.6 Å². The Morgan fingerprint density at radius 1 is 0.500 bits per heavy atom. The van der Waals surface area contributed by atoms with Crippen LogP contribution in [0.5, 0.6) is 0 Å². The summed E-state index contributed by atoms with van der Waals surface area (Å²) in [6, 6.07) is 0. The molecule has 0 atom stereocenters. The molecule has 0 amide bonds. The second-order valence-corrected chi connectivity index (χ2v) is 2.18. The second kappa shape index (κ2) is 4.80. The minimum absolute atomic E-state index is 1.05. The molecule has 0 heterocycles. The fraction of sp³-hybridized carbons (Fsp3) is 0.200. The predicted molar refractivity (Wildman–Crippen MR) is 45.8 cm³/mol. The summed E-state index contributed by atoms with van der Waals surface area (Å²) in [5.74, 6) is 0. The Labute approximate surface area is 62.3 Å². The maximum Gasteiger partial charge on any atom is -0.0166 e. The first kappa shape index (κ1) is 7.07. The van der Waals surface area contributed by atoms with Gasteiger partial charge in [0.15, 0.2) is 0 Å². The highest BCUT2D eigenvalue weighted by atomic mass is 13.8. The van der Waals surface area contributed by atoms with Crippen LogP contribution >= 0.6 is 0 Å². The van der Waals surface area contributed by atoms with Gasteiger partial charge in [-0.15, -0.1) is 0 Å². The fourth-order valence-electron chi connectivity index (χ4n) is 0.792. The summed E-state index contributed by atoms with van der Waals surface area (Å²) in [6.45, 7) is 0. The van der Waals surface area contributed by atoms with Gasteiger partial charge in [0.25, 0.3) is 0 Å². The van der Waals surface area contributed by atoms with Crippen LogP contribution in [0.4, 0.5) is 0 Å². The van der Waals surface area contributed by atoms with Crippen molar-refractivity contribution in [1.29, 1.82) is 0 Å². The Morgan fingerprint density at radius 2 is 1.00 bits per heavy atom. The third kappa shape index (κ3) is 3.08. The van der Waals surface area contributed by atoms with Crippen LogP contribution < -0.4 is 0 Å². The number of rotatable bonds is 0. The van der Waals surface area contributed by atoms with Crippen LogP contribution in [-0.2, 0) is 0 Å². The van der Waals surface area contributed by atoms with Gasteiger partial charge in [-0.25, -0.2) is 0 Å². The maximum absolute atomic E-state index is 2.18. The Morgan fingerprint density at radius 3 is 1.50 bits per heavy atom. The van der Waals surface area contributed by atoms with Crippen LogP contribution in [0, 0.1) is 0 Å². The number of hydrogen-bond donors (Lipinski definition) is 0. The van der Waals surface area contributed by atoms with Gasteiger partial charge in [-0.05, 0) is 12.8 Å². The van der Waals surface area contributed by atoms with Crippen molar-refractivity contribution in [2.45, 2.75) is 12.8 Å². The van der Waals surface area contributed by atoms with Crippen LogP contribution in [-0.4, -0.2) is 0 Å². The largest absolute Gasteiger partial charge is 0.0844 e. The highest BCUT2D eigenvalue weighted by Gasteiger charge is 1.73. The van der Waals surface area contributed by atoms with E-state index in [0.717, 1.165) is 12.8 Å². The average Bonchev–Trinajstić information content (AvgIpc) is 2.01. The highest BCUT2D eigenvalue weighted by Crippen LogP contribution is 1.94.